The van der Waals surface area contributed by atoms with Gasteiger partial charge in [0.05, 0.1) is 6.54 Å². The van der Waals surface area contributed by atoms with Crippen molar-refractivity contribution < 1.29 is 13.5 Å². The largest absolute Gasteiger partial charge is 0.489 e. The number of aryl methyl sites for hydroxylation is 1. The lowest BCUT2D eigenvalue weighted by molar-refractivity contribution is 0.214. The molecule has 0 N–H and O–H groups in total. The lowest BCUT2D eigenvalue weighted by atomic mass is 10.3. The summed E-state index contributed by atoms with van der Waals surface area (Å²) in [5.41, 5.74) is 0. The first-order chi connectivity index (χ1) is 9.15. The maximum absolute atomic E-state index is 13.3. The quantitative estimate of drug-likeness (QED) is 0.800. The normalized spacial score (nSPS) is 10.9. The van der Waals surface area contributed by atoms with Gasteiger partial charge in [-0.15, -0.1) is 10.2 Å². The Labute approximate surface area is 111 Å². The van der Waals surface area contributed by atoms with Crippen LogP contribution >= 0.6 is 0 Å². The summed E-state index contributed by atoms with van der Waals surface area (Å²) in [6, 6.07) is 6.35. The van der Waals surface area contributed by atoms with Crippen molar-refractivity contribution in [2.45, 2.75) is 13.5 Å². The SMILES string of the molecule is Cc1nnc(CN(C)CCOc2ccccc2F)o1. The van der Waals surface area contributed by atoms with Gasteiger partial charge in [0, 0.05) is 13.5 Å². The molecule has 19 heavy (non-hydrogen) atoms. The first kappa shape index (κ1) is 13.5. The van der Waals surface area contributed by atoms with E-state index in [9.17, 15) is 4.39 Å². The fourth-order valence-corrected chi connectivity index (χ4v) is 1.58. The van der Waals surface area contributed by atoms with Gasteiger partial charge in [0.2, 0.25) is 11.8 Å². The number of benzene rings is 1. The molecule has 0 aliphatic heterocycles. The van der Waals surface area contributed by atoms with E-state index in [1.807, 2.05) is 11.9 Å². The molecule has 0 bridgehead atoms. The van der Waals surface area contributed by atoms with Crippen molar-refractivity contribution in [3.63, 3.8) is 0 Å². The van der Waals surface area contributed by atoms with Gasteiger partial charge in [-0.2, -0.15) is 0 Å². The third-order valence-corrected chi connectivity index (χ3v) is 2.54. The van der Waals surface area contributed by atoms with Crippen LogP contribution in [0.25, 0.3) is 0 Å². The Bertz CT molecular complexity index is 530. The molecule has 0 atom stereocenters. The molecule has 0 amide bonds. The van der Waals surface area contributed by atoms with Gasteiger partial charge in [-0.05, 0) is 19.2 Å². The Morgan fingerprint density at radius 2 is 2.11 bits per heavy atom. The molecule has 5 nitrogen and oxygen atoms in total. The maximum Gasteiger partial charge on any atom is 0.230 e. The van der Waals surface area contributed by atoms with Crippen molar-refractivity contribution in [2.24, 2.45) is 0 Å². The maximum atomic E-state index is 13.3. The Morgan fingerprint density at radius 1 is 1.32 bits per heavy atom. The molecule has 2 aromatic rings. The van der Waals surface area contributed by atoms with Crippen LogP contribution in [0.15, 0.2) is 28.7 Å². The first-order valence-corrected chi connectivity index (χ1v) is 6.00. The van der Waals surface area contributed by atoms with Gasteiger partial charge < -0.3 is 9.15 Å². The summed E-state index contributed by atoms with van der Waals surface area (Å²) in [6.45, 7) is 3.32. The highest BCUT2D eigenvalue weighted by Crippen LogP contribution is 2.15. The van der Waals surface area contributed by atoms with Crippen molar-refractivity contribution in [1.82, 2.24) is 15.1 Å². The van der Waals surface area contributed by atoms with Crippen molar-refractivity contribution in [2.75, 3.05) is 20.2 Å². The summed E-state index contributed by atoms with van der Waals surface area (Å²) < 4.78 is 23.9. The van der Waals surface area contributed by atoms with Crippen LogP contribution in [-0.4, -0.2) is 35.3 Å². The number of hydrogen-bond acceptors (Lipinski definition) is 5. The second-order valence-corrected chi connectivity index (χ2v) is 4.23. The van der Waals surface area contributed by atoms with Crippen molar-refractivity contribution in [3.05, 3.63) is 41.9 Å². The zero-order chi connectivity index (χ0) is 13.7. The zero-order valence-electron chi connectivity index (χ0n) is 11.0. The summed E-state index contributed by atoms with van der Waals surface area (Å²) in [6.07, 6.45) is 0. The molecule has 2 rings (SSSR count). The Kier molecular flexibility index (Phi) is 4.46. The second kappa shape index (κ2) is 6.29. The Hall–Kier alpha value is -1.95. The number of hydrogen-bond donors (Lipinski definition) is 0. The third kappa shape index (κ3) is 4.03. The number of likely N-dealkylation sites (N-methyl/N-ethyl adjacent to an activating group) is 1. The summed E-state index contributed by atoms with van der Waals surface area (Å²) in [4.78, 5) is 1.97. The van der Waals surface area contributed by atoms with Crippen molar-refractivity contribution in [1.29, 1.82) is 0 Å². The molecular formula is C13H16FN3O2. The van der Waals surface area contributed by atoms with Crippen LogP contribution in [0.1, 0.15) is 11.8 Å². The van der Waals surface area contributed by atoms with Crippen LogP contribution in [0.2, 0.25) is 0 Å². The lowest BCUT2D eigenvalue weighted by Crippen LogP contribution is -2.24. The highest BCUT2D eigenvalue weighted by atomic mass is 19.1. The fourth-order valence-electron chi connectivity index (χ4n) is 1.58. The van der Waals surface area contributed by atoms with Gasteiger partial charge in [-0.25, -0.2) is 4.39 Å². The average molecular weight is 265 g/mol. The molecular weight excluding hydrogens is 249 g/mol. The molecule has 0 fully saturated rings. The van der Waals surface area contributed by atoms with Gasteiger partial charge in [-0.3, -0.25) is 4.90 Å². The van der Waals surface area contributed by atoms with E-state index in [1.54, 1.807) is 25.1 Å². The van der Waals surface area contributed by atoms with E-state index >= 15 is 0 Å². The molecule has 6 heteroatoms. The molecule has 0 aliphatic carbocycles. The molecule has 0 saturated heterocycles. The predicted molar refractivity (Wildman–Crippen MR) is 67.3 cm³/mol. The van der Waals surface area contributed by atoms with Crippen LogP contribution in [-0.2, 0) is 6.54 Å². The van der Waals surface area contributed by atoms with E-state index in [2.05, 4.69) is 10.2 Å². The smallest absolute Gasteiger partial charge is 0.230 e. The summed E-state index contributed by atoms with van der Waals surface area (Å²) in [5.74, 6) is 1.03. The van der Waals surface area contributed by atoms with E-state index in [-0.39, 0.29) is 11.6 Å². The molecule has 1 aromatic heterocycles. The Morgan fingerprint density at radius 3 is 2.79 bits per heavy atom. The van der Waals surface area contributed by atoms with Crippen LogP contribution in [0.3, 0.4) is 0 Å². The van der Waals surface area contributed by atoms with Crippen molar-refractivity contribution >= 4 is 0 Å². The van der Waals surface area contributed by atoms with Crippen LogP contribution in [0.4, 0.5) is 4.39 Å². The number of aromatic nitrogens is 2. The topological polar surface area (TPSA) is 51.4 Å². The summed E-state index contributed by atoms with van der Waals surface area (Å²) in [7, 11) is 1.91. The second-order valence-electron chi connectivity index (χ2n) is 4.23. The number of rotatable bonds is 6. The van der Waals surface area contributed by atoms with Gasteiger partial charge in [0.15, 0.2) is 11.6 Å². The van der Waals surface area contributed by atoms with Gasteiger partial charge >= 0.3 is 0 Å². The highest BCUT2D eigenvalue weighted by Gasteiger charge is 2.07. The van der Waals surface area contributed by atoms with Crippen LogP contribution in [0, 0.1) is 12.7 Å². The molecule has 0 aliphatic rings. The molecule has 1 heterocycles. The molecule has 0 unspecified atom stereocenters. The molecule has 102 valence electrons. The van der Waals surface area contributed by atoms with Crippen LogP contribution < -0.4 is 4.74 Å². The average Bonchev–Trinajstić information content (AvgIpc) is 2.77. The van der Waals surface area contributed by atoms with Gasteiger partial charge in [-0.1, -0.05) is 12.1 Å². The van der Waals surface area contributed by atoms with E-state index in [1.165, 1.54) is 6.07 Å². The van der Waals surface area contributed by atoms with E-state index < -0.39 is 0 Å². The minimum absolute atomic E-state index is 0.268. The highest BCUT2D eigenvalue weighted by molar-refractivity contribution is 5.23. The van der Waals surface area contributed by atoms with E-state index in [0.717, 1.165) is 0 Å². The van der Waals surface area contributed by atoms with Gasteiger partial charge in [0.1, 0.15) is 6.61 Å². The number of ether oxygens (including phenoxy) is 1. The summed E-state index contributed by atoms with van der Waals surface area (Å²) in [5, 5.41) is 7.66. The predicted octanol–water partition coefficient (Wildman–Crippen LogP) is 2.03. The van der Waals surface area contributed by atoms with Crippen LogP contribution in [0.5, 0.6) is 5.75 Å². The third-order valence-electron chi connectivity index (χ3n) is 2.54. The van der Waals surface area contributed by atoms with Gasteiger partial charge in [0.25, 0.3) is 0 Å². The first-order valence-electron chi connectivity index (χ1n) is 6.00. The number of para-hydroxylation sites is 1. The molecule has 0 saturated carbocycles. The minimum Gasteiger partial charge on any atom is -0.489 e. The molecule has 1 aromatic carbocycles. The molecule has 0 radical (unpaired) electrons. The Balaban J connectivity index is 1.75. The van der Waals surface area contributed by atoms with E-state index in [0.29, 0.717) is 31.5 Å². The molecule has 0 spiro atoms. The fraction of sp³-hybridized carbons (Fsp3) is 0.385. The van der Waals surface area contributed by atoms with E-state index in [4.69, 9.17) is 9.15 Å². The summed E-state index contributed by atoms with van der Waals surface area (Å²) >= 11 is 0. The number of halogens is 1. The number of nitrogens with zero attached hydrogens (tertiary/aromatic N) is 3. The minimum atomic E-state index is -0.349. The monoisotopic (exact) mass is 265 g/mol. The lowest BCUT2D eigenvalue weighted by Gasteiger charge is -2.14. The standard InChI is InChI=1S/C13H16FN3O2/c1-10-15-16-13(19-10)9-17(2)7-8-18-12-6-4-3-5-11(12)14/h3-6H,7-9H2,1-2H3. The van der Waals surface area contributed by atoms with Crippen molar-refractivity contribution in [3.8, 4) is 5.75 Å². The zero-order valence-corrected chi connectivity index (χ0v) is 11.0.